The van der Waals surface area contributed by atoms with Gasteiger partial charge in [-0.25, -0.2) is 0 Å². The van der Waals surface area contributed by atoms with E-state index < -0.39 is 0 Å². The van der Waals surface area contributed by atoms with E-state index in [9.17, 15) is 4.79 Å². The van der Waals surface area contributed by atoms with Gasteiger partial charge in [-0.1, -0.05) is 18.2 Å². The molecule has 23 heavy (non-hydrogen) atoms. The summed E-state index contributed by atoms with van der Waals surface area (Å²) in [5, 5.41) is 2.84. The molecule has 0 unspecified atom stereocenters. The number of aryl methyl sites for hydroxylation is 1. The molecule has 0 heterocycles. The Kier molecular flexibility index (Phi) is 5.86. The van der Waals surface area contributed by atoms with E-state index in [4.69, 9.17) is 14.2 Å². The highest BCUT2D eigenvalue weighted by Crippen LogP contribution is 2.27. The van der Waals surface area contributed by atoms with Gasteiger partial charge in [0.05, 0.1) is 20.8 Å². The number of hydrogen-bond donors (Lipinski definition) is 1. The zero-order valence-electron chi connectivity index (χ0n) is 13.6. The summed E-state index contributed by atoms with van der Waals surface area (Å²) in [4.78, 5) is 12.1. The van der Waals surface area contributed by atoms with Crippen molar-refractivity contribution >= 4 is 5.91 Å². The predicted octanol–water partition coefficient (Wildman–Crippen LogP) is 2.82. The molecule has 122 valence electrons. The van der Waals surface area contributed by atoms with Crippen molar-refractivity contribution in [2.75, 3.05) is 27.4 Å². The van der Waals surface area contributed by atoms with E-state index >= 15 is 0 Å². The molecule has 5 nitrogen and oxygen atoms in total. The average Bonchev–Trinajstić information content (AvgIpc) is 2.58. The highest BCUT2D eigenvalue weighted by Gasteiger charge is 2.07. The molecule has 0 radical (unpaired) electrons. The summed E-state index contributed by atoms with van der Waals surface area (Å²) >= 11 is 0. The Bertz CT molecular complexity index is 648. The van der Waals surface area contributed by atoms with Gasteiger partial charge in [0.2, 0.25) is 0 Å². The van der Waals surface area contributed by atoms with E-state index in [0.717, 1.165) is 5.56 Å². The topological polar surface area (TPSA) is 56.8 Å². The van der Waals surface area contributed by atoms with Crippen molar-refractivity contribution in [3.8, 4) is 17.2 Å². The fraction of sp³-hybridized carbons (Fsp3) is 0.278. The Labute approximate surface area is 136 Å². The maximum Gasteiger partial charge on any atom is 0.251 e. The number of rotatable bonds is 7. The second-order valence-corrected chi connectivity index (χ2v) is 4.97. The minimum absolute atomic E-state index is 0.102. The van der Waals surface area contributed by atoms with Gasteiger partial charge in [0.15, 0.2) is 0 Å². The number of hydrogen-bond acceptors (Lipinski definition) is 4. The summed E-state index contributed by atoms with van der Waals surface area (Å²) in [5.74, 6) is 1.84. The smallest absolute Gasteiger partial charge is 0.251 e. The lowest BCUT2D eigenvalue weighted by Gasteiger charge is -2.11. The Balaban J connectivity index is 1.86. The monoisotopic (exact) mass is 315 g/mol. The molecule has 2 rings (SSSR count). The van der Waals surface area contributed by atoms with Crippen molar-refractivity contribution in [2.45, 2.75) is 6.92 Å². The Morgan fingerprint density at radius 3 is 2.22 bits per heavy atom. The highest BCUT2D eigenvalue weighted by atomic mass is 16.5. The Morgan fingerprint density at radius 2 is 1.61 bits per heavy atom. The maximum atomic E-state index is 12.1. The Hall–Kier alpha value is -2.69. The first-order valence-corrected chi connectivity index (χ1v) is 7.33. The normalized spacial score (nSPS) is 10.0. The molecule has 0 fully saturated rings. The van der Waals surface area contributed by atoms with Crippen LogP contribution in [0.15, 0.2) is 42.5 Å². The van der Waals surface area contributed by atoms with Crippen LogP contribution in [0.5, 0.6) is 17.2 Å². The van der Waals surface area contributed by atoms with Gasteiger partial charge in [0.1, 0.15) is 23.9 Å². The minimum atomic E-state index is -0.102. The van der Waals surface area contributed by atoms with Crippen molar-refractivity contribution < 1.29 is 19.0 Å². The number of carbonyl (C=O) groups is 1. The number of methoxy groups -OCH3 is 2. The van der Waals surface area contributed by atoms with Gasteiger partial charge >= 0.3 is 0 Å². The molecule has 5 heteroatoms. The quantitative estimate of drug-likeness (QED) is 0.798. The fourth-order valence-corrected chi connectivity index (χ4v) is 2.12. The lowest BCUT2D eigenvalue weighted by Crippen LogP contribution is -2.28. The molecule has 0 saturated carbocycles. The van der Waals surface area contributed by atoms with Crippen LogP contribution in [0.2, 0.25) is 0 Å². The summed E-state index contributed by atoms with van der Waals surface area (Å²) < 4.78 is 16.0. The second kappa shape index (κ2) is 8.08. The third-order valence-corrected chi connectivity index (χ3v) is 3.37. The number of nitrogens with one attached hydrogen (secondary N) is 1. The van der Waals surface area contributed by atoms with E-state index in [1.165, 1.54) is 0 Å². The number of ether oxygens (including phenoxy) is 3. The number of benzene rings is 2. The predicted molar refractivity (Wildman–Crippen MR) is 88.6 cm³/mol. The van der Waals surface area contributed by atoms with Crippen LogP contribution >= 0.6 is 0 Å². The molecule has 2 aromatic rings. The van der Waals surface area contributed by atoms with Crippen LogP contribution in [0, 0.1) is 6.92 Å². The summed E-state index contributed by atoms with van der Waals surface area (Å²) in [5.41, 5.74) is 1.62. The summed E-state index contributed by atoms with van der Waals surface area (Å²) in [7, 11) is 3.17. The molecule has 0 bridgehead atoms. The third-order valence-electron chi connectivity index (χ3n) is 3.37. The minimum Gasteiger partial charge on any atom is -0.496 e. The van der Waals surface area contributed by atoms with E-state index in [-0.39, 0.29) is 5.91 Å². The molecule has 0 aliphatic rings. The number of carbonyl (C=O) groups excluding carboxylic acids is 1. The first-order valence-electron chi connectivity index (χ1n) is 7.33. The van der Waals surface area contributed by atoms with Crippen LogP contribution in [0.25, 0.3) is 0 Å². The molecule has 0 aromatic heterocycles. The van der Waals surface area contributed by atoms with Gasteiger partial charge in [-0.2, -0.15) is 0 Å². The summed E-state index contributed by atoms with van der Waals surface area (Å²) in [6, 6.07) is 12.8. The molecular formula is C18H21NO4. The van der Waals surface area contributed by atoms with Crippen molar-refractivity contribution in [3.63, 3.8) is 0 Å². The molecule has 0 aliphatic carbocycles. The molecule has 0 saturated heterocycles. The number of amides is 1. The highest BCUT2D eigenvalue weighted by molar-refractivity contribution is 5.95. The zero-order chi connectivity index (χ0) is 16.7. The third kappa shape index (κ3) is 4.64. The molecule has 0 spiro atoms. The standard InChI is InChI=1S/C18H21NO4/c1-13-6-4-5-7-17(13)18(20)19-8-9-23-16-11-14(21-2)10-15(12-16)22-3/h4-7,10-12H,8-9H2,1-3H3,(H,19,20). The van der Waals surface area contributed by atoms with E-state index in [0.29, 0.717) is 36.0 Å². The van der Waals surface area contributed by atoms with Gasteiger partial charge in [-0.15, -0.1) is 0 Å². The van der Waals surface area contributed by atoms with Gasteiger partial charge in [-0.3, -0.25) is 4.79 Å². The van der Waals surface area contributed by atoms with Crippen molar-refractivity contribution in [1.29, 1.82) is 0 Å². The van der Waals surface area contributed by atoms with Crippen molar-refractivity contribution in [2.24, 2.45) is 0 Å². The molecule has 0 atom stereocenters. The molecular weight excluding hydrogens is 294 g/mol. The first-order chi connectivity index (χ1) is 11.1. The molecule has 2 aromatic carbocycles. The molecule has 1 amide bonds. The van der Waals surface area contributed by atoms with Crippen LogP contribution in [0.4, 0.5) is 0 Å². The largest absolute Gasteiger partial charge is 0.496 e. The van der Waals surface area contributed by atoms with Crippen LogP contribution in [-0.2, 0) is 0 Å². The van der Waals surface area contributed by atoms with E-state index in [1.807, 2.05) is 25.1 Å². The van der Waals surface area contributed by atoms with Crippen LogP contribution in [-0.4, -0.2) is 33.3 Å². The van der Waals surface area contributed by atoms with Crippen LogP contribution in [0.3, 0.4) is 0 Å². The fourth-order valence-electron chi connectivity index (χ4n) is 2.12. The van der Waals surface area contributed by atoms with Gasteiger partial charge in [0.25, 0.3) is 5.91 Å². The maximum absolute atomic E-state index is 12.1. The molecule has 0 aliphatic heterocycles. The SMILES string of the molecule is COc1cc(OC)cc(OCCNC(=O)c2ccccc2C)c1. The van der Waals surface area contributed by atoms with Gasteiger partial charge in [-0.05, 0) is 18.6 Å². The van der Waals surface area contributed by atoms with Crippen molar-refractivity contribution in [1.82, 2.24) is 5.32 Å². The average molecular weight is 315 g/mol. The Morgan fingerprint density at radius 1 is 1.00 bits per heavy atom. The van der Waals surface area contributed by atoms with Gasteiger partial charge in [0, 0.05) is 23.8 Å². The van der Waals surface area contributed by atoms with E-state index in [1.54, 1.807) is 38.5 Å². The van der Waals surface area contributed by atoms with Gasteiger partial charge < -0.3 is 19.5 Å². The van der Waals surface area contributed by atoms with E-state index in [2.05, 4.69) is 5.32 Å². The molecule has 1 N–H and O–H groups in total. The lowest BCUT2D eigenvalue weighted by atomic mass is 10.1. The lowest BCUT2D eigenvalue weighted by molar-refractivity contribution is 0.0946. The van der Waals surface area contributed by atoms with Crippen LogP contribution in [0.1, 0.15) is 15.9 Å². The first kappa shape index (κ1) is 16.7. The zero-order valence-corrected chi connectivity index (χ0v) is 13.6. The second-order valence-electron chi connectivity index (χ2n) is 4.97. The summed E-state index contributed by atoms with van der Waals surface area (Å²) in [6.45, 7) is 2.68. The van der Waals surface area contributed by atoms with Crippen molar-refractivity contribution in [3.05, 3.63) is 53.6 Å². The van der Waals surface area contributed by atoms with Crippen LogP contribution < -0.4 is 19.5 Å². The summed E-state index contributed by atoms with van der Waals surface area (Å²) in [6.07, 6.45) is 0.